The lowest BCUT2D eigenvalue weighted by molar-refractivity contribution is -0.114. The molecular weight excluding hydrogens is 372 g/mol. The highest BCUT2D eigenvalue weighted by molar-refractivity contribution is 6.74. The van der Waals surface area contributed by atoms with Crippen LogP contribution < -0.4 is 4.74 Å². The molecule has 1 rings (SSSR count). The molecule has 0 spiro atoms. The lowest BCUT2D eigenvalue weighted by atomic mass is 10.0. The topological polar surface area (TPSA) is 54.0 Å². The highest BCUT2D eigenvalue weighted by atomic mass is 28.4. The van der Waals surface area contributed by atoms with E-state index in [9.17, 15) is 4.79 Å². The van der Waals surface area contributed by atoms with E-state index in [1.165, 1.54) is 0 Å². The zero-order valence-corrected chi connectivity index (χ0v) is 19.8. The number of rotatable bonds is 12. The van der Waals surface area contributed by atoms with Gasteiger partial charge in [0.25, 0.3) is 0 Å². The molecule has 28 heavy (non-hydrogen) atoms. The molecule has 160 valence electrons. The molecule has 0 fully saturated rings. The van der Waals surface area contributed by atoms with Crippen LogP contribution >= 0.6 is 0 Å². The lowest BCUT2D eigenvalue weighted by Crippen LogP contribution is -2.47. The summed E-state index contributed by atoms with van der Waals surface area (Å²) in [6, 6.07) is 7.81. The van der Waals surface area contributed by atoms with Crippen molar-refractivity contribution in [2.24, 2.45) is 5.92 Å². The van der Waals surface area contributed by atoms with Gasteiger partial charge in [-0.15, -0.1) is 0 Å². The third-order valence-electron chi connectivity index (χ3n) is 5.55. The van der Waals surface area contributed by atoms with E-state index in [2.05, 4.69) is 33.9 Å². The molecule has 0 amide bonds. The molecular formula is C22H38O5Si. The third kappa shape index (κ3) is 7.66. The fraction of sp³-hybridized carbons (Fsp3) is 0.682. The van der Waals surface area contributed by atoms with Crippen molar-refractivity contribution in [2.45, 2.75) is 71.1 Å². The Balaban J connectivity index is 2.83. The summed E-state index contributed by atoms with van der Waals surface area (Å²) < 4.78 is 23.2. The van der Waals surface area contributed by atoms with E-state index < -0.39 is 8.32 Å². The van der Waals surface area contributed by atoms with Crippen molar-refractivity contribution in [3.05, 3.63) is 29.8 Å². The molecule has 1 aromatic carbocycles. The van der Waals surface area contributed by atoms with Gasteiger partial charge in [0, 0.05) is 19.4 Å². The van der Waals surface area contributed by atoms with Crippen molar-refractivity contribution in [1.82, 2.24) is 0 Å². The summed E-state index contributed by atoms with van der Waals surface area (Å²) in [6.45, 7) is 13.9. The summed E-state index contributed by atoms with van der Waals surface area (Å²) in [4.78, 5) is 11.5. The zero-order chi connectivity index (χ0) is 21.4. The standard InChI is InChI=1S/C22H38O5Si/c1-17(14-23)21(27-28(7,8)22(2,3)4)13-20(16-24-5)26-15-18-9-11-19(25-6)12-10-18/h9-12,14,17,20-21H,13,15-16H2,1-8H3/t17-,20-,21-/m1/s1. The largest absolute Gasteiger partial charge is 0.497 e. The second-order valence-electron chi connectivity index (χ2n) is 8.88. The van der Waals surface area contributed by atoms with E-state index in [0.29, 0.717) is 19.6 Å². The number of aldehydes is 1. The van der Waals surface area contributed by atoms with E-state index in [1.54, 1.807) is 14.2 Å². The number of hydrogen-bond donors (Lipinski definition) is 0. The van der Waals surface area contributed by atoms with Crippen LogP contribution in [-0.2, 0) is 25.3 Å². The van der Waals surface area contributed by atoms with Crippen molar-refractivity contribution >= 4 is 14.6 Å². The van der Waals surface area contributed by atoms with Gasteiger partial charge in [-0.1, -0.05) is 39.8 Å². The molecule has 6 heteroatoms. The van der Waals surface area contributed by atoms with E-state index in [1.807, 2.05) is 31.2 Å². The number of methoxy groups -OCH3 is 2. The zero-order valence-electron chi connectivity index (χ0n) is 18.8. The average Bonchev–Trinajstić information content (AvgIpc) is 2.64. The van der Waals surface area contributed by atoms with Crippen molar-refractivity contribution in [2.75, 3.05) is 20.8 Å². The van der Waals surface area contributed by atoms with Crippen molar-refractivity contribution < 1.29 is 23.4 Å². The van der Waals surface area contributed by atoms with Crippen molar-refractivity contribution in [3.63, 3.8) is 0 Å². The maximum Gasteiger partial charge on any atom is 0.192 e. The minimum Gasteiger partial charge on any atom is -0.497 e. The minimum atomic E-state index is -2.00. The predicted molar refractivity (Wildman–Crippen MR) is 115 cm³/mol. The van der Waals surface area contributed by atoms with Crippen LogP contribution in [0.15, 0.2) is 24.3 Å². The Bertz CT molecular complexity index is 580. The molecule has 0 radical (unpaired) electrons. The summed E-state index contributed by atoms with van der Waals surface area (Å²) in [5.74, 6) is 0.623. The molecule has 5 nitrogen and oxygen atoms in total. The Hall–Kier alpha value is -1.21. The van der Waals surface area contributed by atoms with Gasteiger partial charge in [0.2, 0.25) is 0 Å². The summed E-state index contributed by atoms with van der Waals surface area (Å²) in [5, 5.41) is 0.0779. The maximum atomic E-state index is 11.5. The van der Waals surface area contributed by atoms with Gasteiger partial charge in [-0.05, 0) is 35.8 Å². The highest BCUT2D eigenvalue weighted by Crippen LogP contribution is 2.38. The van der Waals surface area contributed by atoms with Gasteiger partial charge in [0.15, 0.2) is 8.32 Å². The summed E-state index contributed by atoms with van der Waals surface area (Å²) in [7, 11) is 1.31. The summed E-state index contributed by atoms with van der Waals surface area (Å²) in [5.41, 5.74) is 1.06. The van der Waals surface area contributed by atoms with Crippen LogP contribution in [-0.4, -0.2) is 47.6 Å². The minimum absolute atomic E-state index is 0.0779. The maximum absolute atomic E-state index is 11.5. The Kier molecular flexibility index (Phi) is 9.84. The van der Waals surface area contributed by atoms with E-state index in [-0.39, 0.29) is 23.2 Å². The first-order chi connectivity index (χ1) is 13.0. The third-order valence-corrected chi connectivity index (χ3v) is 10.1. The number of benzene rings is 1. The molecule has 0 saturated heterocycles. The lowest BCUT2D eigenvalue weighted by Gasteiger charge is -2.41. The molecule has 0 aliphatic rings. The molecule has 1 aromatic rings. The van der Waals surface area contributed by atoms with Gasteiger partial charge in [-0.25, -0.2) is 0 Å². The van der Waals surface area contributed by atoms with E-state index in [0.717, 1.165) is 17.6 Å². The van der Waals surface area contributed by atoms with Gasteiger partial charge < -0.3 is 23.4 Å². The summed E-state index contributed by atoms with van der Waals surface area (Å²) in [6.07, 6.45) is 1.26. The number of carbonyl (C=O) groups is 1. The number of carbonyl (C=O) groups excluding carboxylic acids is 1. The van der Waals surface area contributed by atoms with Crippen LogP contribution in [0.3, 0.4) is 0 Å². The normalized spacial score (nSPS) is 15.7. The number of hydrogen-bond acceptors (Lipinski definition) is 5. The van der Waals surface area contributed by atoms with Crippen LogP contribution in [0.25, 0.3) is 0 Å². The van der Waals surface area contributed by atoms with Crippen molar-refractivity contribution in [3.8, 4) is 5.75 Å². The van der Waals surface area contributed by atoms with Gasteiger partial charge in [-0.2, -0.15) is 0 Å². The molecule has 0 aromatic heterocycles. The SMILES string of the molecule is COC[C@@H](C[C@@H](O[Si](C)(C)C(C)(C)C)[C@H](C)C=O)OCc1ccc(OC)cc1. The average molecular weight is 411 g/mol. The first-order valence-corrected chi connectivity index (χ1v) is 12.8. The van der Waals surface area contributed by atoms with E-state index in [4.69, 9.17) is 18.6 Å². The Labute approximate surface area is 171 Å². The van der Waals surface area contributed by atoms with Crippen LogP contribution in [0.2, 0.25) is 18.1 Å². The molecule has 0 unspecified atom stereocenters. The van der Waals surface area contributed by atoms with Crippen LogP contribution in [0.1, 0.15) is 39.7 Å². The van der Waals surface area contributed by atoms with Gasteiger partial charge in [0.05, 0.1) is 32.5 Å². The molecule has 0 N–H and O–H groups in total. The van der Waals surface area contributed by atoms with Gasteiger partial charge in [0.1, 0.15) is 12.0 Å². The first-order valence-electron chi connectivity index (χ1n) is 9.90. The van der Waals surface area contributed by atoms with Gasteiger partial charge in [-0.3, -0.25) is 0 Å². The molecule has 0 aliphatic heterocycles. The molecule has 0 heterocycles. The fourth-order valence-electron chi connectivity index (χ4n) is 2.58. The second-order valence-corrected chi connectivity index (χ2v) is 13.6. The van der Waals surface area contributed by atoms with Crippen LogP contribution in [0.4, 0.5) is 0 Å². The monoisotopic (exact) mass is 410 g/mol. The Morgan fingerprint density at radius 1 is 1.11 bits per heavy atom. The molecule has 3 atom stereocenters. The molecule has 0 saturated carbocycles. The van der Waals surface area contributed by atoms with Crippen LogP contribution in [0.5, 0.6) is 5.75 Å². The fourth-order valence-corrected chi connectivity index (χ4v) is 4.00. The van der Waals surface area contributed by atoms with E-state index >= 15 is 0 Å². The Morgan fingerprint density at radius 2 is 1.71 bits per heavy atom. The first kappa shape index (κ1) is 24.8. The van der Waals surface area contributed by atoms with Crippen molar-refractivity contribution in [1.29, 1.82) is 0 Å². The summed E-state index contributed by atoms with van der Waals surface area (Å²) >= 11 is 0. The second kappa shape index (κ2) is 11.1. The van der Waals surface area contributed by atoms with Crippen LogP contribution in [0, 0.1) is 5.92 Å². The quantitative estimate of drug-likeness (QED) is 0.364. The predicted octanol–water partition coefficient (Wildman–Crippen LogP) is 4.84. The Morgan fingerprint density at radius 3 is 2.18 bits per heavy atom. The smallest absolute Gasteiger partial charge is 0.192 e. The van der Waals surface area contributed by atoms with Gasteiger partial charge >= 0.3 is 0 Å². The molecule has 0 aliphatic carbocycles. The molecule has 0 bridgehead atoms. The highest BCUT2D eigenvalue weighted by Gasteiger charge is 2.40. The number of ether oxygens (including phenoxy) is 3.